The summed E-state index contributed by atoms with van der Waals surface area (Å²) in [5.41, 5.74) is -0.654. The molecule has 0 fully saturated rings. The van der Waals surface area contributed by atoms with Gasteiger partial charge in [0.1, 0.15) is 10.7 Å². The first-order chi connectivity index (χ1) is 7.44. The minimum absolute atomic E-state index is 0.0909. The van der Waals surface area contributed by atoms with Gasteiger partial charge in [-0.2, -0.15) is 0 Å². The van der Waals surface area contributed by atoms with Crippen LogP contribution in [0.1, 0.15) is 12.5 Å². The molecule has 7 heteroatoms. The van der Waals surface area contributed by atoms with Gasteiger partial charge in [-0.05, 0) is 12.1 Å². The van der Waals surface area contributed by atoms with Crippen molar-refractivity contribution in [2.45, 2.75) is 18.4 Å². The first kappa shape index (κ1) is 13.0. The highest BCUT2D eigenvalue weighted by molar-refractivity contribution is 7.89. The normalized spacial score (nSPS) is 11.8. The SMILES string of the molecule is CCNS(=O)(=O)c1ccc(F)c(CO)c1F. The van der Waals surface area contributed by atoms with E-state index in [1.54, 1.807) is 0 Å². The van der Waals surface area contributed by atoms with Crippen LogP contribution in [0, 0.1) is 11.6 Å². The Morgan fingerprint density at radius 3 is 2.50 bits per heavy atom. The largest absolute Gasteiger partial charge is 0.391 e. The molecule has 0 saturated carbocycles. The molecule has 16 heavy (non-hydrogen) atoms. The van der Waals surface area contributed by atoms with Gasteiger partial charge in [-0.25, -0.2) is 21.9 Å². The van der Waals surface area contributed by atoms with Crippen molar-refractivity contribution >= 4 is 10.0 Å². The summed E-state index contributed by atoms with van der Waals surface area (Å²) in [5, 5.41) is 8.72. The molecular formula is C9H11F2NO3S. The zero-order valence-corrected chi connectivity index (χ0v) is 9.31. The predicted octanol–water partition coefficient (Wildman–Crippen LogP) is 0.755. The molecule has 90 valence electrons. The monoisotopic (exact) mass is 251 g/mol. The van der Waals surface area contributed by atoms with Crippen LogP contribution in [0.25, 0.3) is 0 Å². The molecule has 2 N–H and O–H groups in total. The lowest BCUT2D eigenvalue weighted by Crippen LogP contribution is -2.24. The average molecular weight is 251 g/mol. The Kier molecular flexibility index (Phi) is 3.95. The van der Waals surface area contributed by atoms with Gasteiger partial charge in [-0.15, -0.1) is 0 Å². The minimum Gasteiger partial charge on any atom is -0.391 e. The summed E-state index contributed by atoms with van der Waals surface area (Å²) in [7, 11) is -3.99. The molecule has 0 aromatic heterocycles. The number of benzene rings is 1. The summed E-state index contributed by atoms with van der Waals surface area (Å²) in [4.78, 5) is -0.667. The van der Waals surface area contributed by atoms with E-state index in [1.807, 2.05) is 0 Å². The van der Waals surface area contributed by atoms with Crippen LogP contribution in [0.2, 0.25) is 0 Å². The van der Waals surface area contributed by atoms with Gasteiger partial charge in [-0.3, -0.25) is 0 Å². The number of sulfonamides is 1. The van der Waals surface area contributed by atoms with Crippen molar-refractivity contribution in [2.24, 2.45) is 0 Å². The van der Waals surface area contributed by atoms with Crippen LogP contribution in [0.4, 0.5) is 8.78 Å². The molecule has 1 rings (SSSR count). The van der Waals surface area contributed by atoms with E-state index < -0.39 is 38.7 Å². The van der Waals surface area contributed by atoms with Gasteiger partial charge in [0.15, 0.2) is 5.82 Å². The second kappa shape index (κ2) is 4.86. The first-order valence-corrected chi connectivity index (χ1v) is 5.99. The molecule has 0 heterocycles. The maximum absolute atomic E-state index is 13.5. The summed E-state index contributed by atoms with van der Waals surface area (Å²) in [6.45, 7) is 0.729. The molecule has 0 amide bonds. The number of rotatable bonds is 4. The van der Waals surface area contributed by atoms with E-state index in [1.165, 1.54) is 6.92 Å². The lowest BCUT2D eigenvalue weighted by molar-refractivity contribution is 0.267. The van der Waals surface area contributed by atoms with E-state index in [0.717, 1.165) is 12.1 Å². The van der Waals surface area contributed by atoms with Crippen molar-refractivity contribution in [3.63, 3.8) is 0 Å². The van der Waals surface area contributed by atoms with Crippen molar-refractivity contribution in [3.05, 3.63) is 29.3 Å². The second-order valence-electron chi connectivity index (χ2n) is 3.00. The average Bonchev–Trinajstić information content (AvgIpc) is 2.17. The third-order valence-electron chi connectivity index (χ3n) is 1.93. The maximum atomic E-state index is 13.5. The molecule has 0 atom stereocenters. The molecule has 0 aliphatic heterocycles. The lowest BCUT2D eigenvalue weighted by atomic mass is 10.2. The number of hydrogen-bond acceptors (Lipinski definition) is 3. The lowest BCUT2D eigenvalue weighted by Gasteiger charge is -2.08. The van der Waals surface area contributed by atoms with Crippen LogP contribution in [0.3, 0.4) is 0 Å². The quantitative estimate of drug-likeness (QED) is 0.830. The molecule has 4 nitrogen and oxygen atoms in total. The van der Waals surface area contributed by atoms with Crippen LogP contribution >= 0.6 is 0 Å². The maximum Gasteiger partial charge on any atom is 0.243 e. The third-order valence-corrected chi connectivity index (χ3v) is 3.50. The van der Waals surface area contributed by atoms with E-state index in [0.29, 0.717) is 0 Å². The Hall–Kier alpha value is -1.05. The standard InChI is InChI=1S/C9H11F2NO3S/c1-2-12-16(14,15)8-4-3-7(10)6(5-13)9(8)11/h3-4,12-13H,2,5H2,1H3. The Bertz CT molecular complexity index is 488. The zero-order chi connectivity index (χ0) is 12.3. The molecule has 0 spiro atoms. The number of halogens is 2. The van der Waals surface area contributed by atoms with Crippen LogP contribution < -0.4 is 4.72 Å². The highest BCUT2D eigenvalue weighted by Gasteiger charge is 2.22. The van der Waals surface area contributed by atoms with E-state index in [4.69, 9.17) is 5.11 Å². The van der Waals surface area contributed by atoms with Gasteiger partial charge < -0.3 is 5.11 Å². The molecule has 0 aliphatic rings. The van der Waals surface area contributed by atoms with Crippen molar-refractivity contribution in [2.75, 3.05) is 6.54 Å². The van der Waals surface area contributed by atoms with E-state index in [-0.39, 0.29) is 6.54 Å². The number of nitrogens with one attached hydrogen (secondary N) is 1. The van der Waals surface area contributed by atoms with Crippen LogP contribution in [-0.4, -0.2) is 20.1 Å². The van der Waals surface area contributed by atoms with Gasteiger partial charge in [0.25, 0.3) is 0 Å². The van der Waals surface area contributed by atoms with Crippen molar-refractivity contribution in [1.29, 1.82) is 0 Å². The highest BCUT2D eigenvalue weighted by atomic mass is 32.2. The molecule has 0 radical (unpaired) electrons. The minimum atomic E-state index is -3.99. The molecule has 1 aromatic rings. The molecule has 0 bridgehead atoms. The zero-order valence-electron chi connectivity index (χ0n) is 8.50. The molecule has 0 aliphatic carbocycles. The molecule has 1 aromatic carbocycles. The smallest absolute Gasteiger partial charge is 0.243 e. The van der Waals surface area contributed by atoms with Gasteiger partial charge in [0, 0.05) is 6.54 Å². The Morgan fingerprint density at radius 2 is 2.00 bits per heavy atom. The summed E-state index contributed by atoms with van der Waals surface area (Å²) in [6, 6.07) is 1.63. The third kappa shape index (κ3) is 2.37. The second-order valence-corrected chi connectivity index (χ2v) is 4.73. The van der Waals surface area contributed by atoms with Crippen molar-refractivity contribution in [1.82, 2.24) is 4.72 Å². The predicted molar refractivity (Wildman–Crippen MR) is 53.1 cm³/mol. The molecular weight excluding hydrogens is 240 g/mol. The highest BCUT2D eigenvalue weighted by Crippen LogP contribution is 2.20. The van der Waals surface area contributed by atoms with E-state index in [9.17, 15) is 17.2 Å². The van der Waals surface area contributed by atoms with Crippen LogP contribution in [-0.2, 0) is 16.6 Å². The van der Waals surface area contributed by atoms with Gasteiger partial charge >= 0.3 is 0 Å². The van der Waals surface area contributed by atoms with Gasteiger partial charge in [0.2, 0.25) is 10.0 Å². The first-order valence-electron chi connectivity index (χ1n) is 4.51. The van der Waals surface area contributed by atoms with Gasteiger partial charge in [0.05, 0.1) is 12.2 Å². The summed E-state index contributed by atoms with van der Waals surface area (Å²) in [6.07, 6.45) is 0. The van der Waals surface area contributed by atoms with Gasteiger partial charge in [-0.1, -0.05) is 6.92 Å². The topological polar surface area (TPSA) is 66.4 Å². The molecule has 0 unspecified atom stereocenters. The fourth-order valence-electron chi connectivity index (χ4n) is 1.20. The fourth-order valence-corrected chi connectivity index (χ4v) is 2.34. The Labute approximate surface area is 92.0 Å². The van der Waals surface area contributed by atoms with E-state index in [2.05, 4.69) is 4.72 Å². The summed E-state index contributed by atoms with van der Waals surface area (Å²) < 4.78 is 51.6. The molecule has 0 saturated heterocycles. The Balaban J connectivity index is 3.37. The van der Waals surface area contributed by atoms with Crippen molar-refractivity contribution < 1.29 is 22.3 Å². The number of hydrogen-bond donors (Lipinski definition) is 2. The summed E-state index contributed by atoms with van der Waals surface area (Å²) in [5.74, 6) is -2.24. The Morgan fingerprint density at radius 1 is 1.38 bits per heavy atom. The number of aliphatic hydroxyl groups is 1. The fraction of sp³-hybridized carbons (Fsp3) is 0.333. The van der Waals surface area contributed by atoms with Crippen LogP contribution in [0.15, 0.2) is 17.0 Å². The summed E-state index contributed by atoms with van der Waals surface area (Å²) >= 11 is 0. The number of aliphatic hydroxyl groups excluding tert-OH is 1. The van der Waals surface area contributed by atoms with Crippen molar-refractivity contribution in [3.8, 4) is 0 Å². The van der Waals surface area contributed by atoms with Crippen LogP contribution in [0.5, 0.6) is 0 Å². The van der Waals surface area contributed by atoms with E-state index >= 15 is 0 Å².